The van der Waals surface area contributed by atoms with Gasteiger partial charge in [-0.15, -0.1) is 0 Å². The highest BCUT2D eigenvalue weighted by Gasteiger charge is 2.50. The summed E-state index contributed by atoms with van der Waals surface area (Å²) in [4.78, 5) is 3.86. The van der Waals surface area contributed by atoms with Crippen molar-refractivity contribution in [2.75, 3.05) is 13.1 Å². The van der Waals surface area contributed by atoms with Crippen LogP contribution in [0.25, 0.3) is 0 Å². The van der Waals surface area contributed by atoms with E-state index in [1.807, 2.05) is 6.92 Å². The summed E-state index contributed by atoms with van der Waals surface area (Å²) in [5.41, 5.74) is -1.59. The molecule has 1 aliphatic rings. The van der Waals surface area contributed by atoms with E-state index in [4.69, 9.17) is 21.6 Å². The standard InChI is InChI=1S/C19H19ClFN3O4S/c1-2-7-19(25)12-24(29(26,27)18-6-4-14(20)10-23-18)11-17(19)28-15-5-3-13(9-22)16(21)8-15/h3-6,8,10,17,25H,2,7,11-12H2,1H3/t17?,19-/m0/s1. The molecule has 0 radical (unpaired) electrons. The molecule has 1 fully saturated rings. The quantitative estimate of drug-likeness (QED) is 0.742. The minimum atomic E-state index is -3.98. The van der Waals surface area contributed by atoms with Gasteiger partial charge in [-0.1, -0.05) is 24.9 Å². The minimum Gasteiger partial charge on any atom is -0.486 e. The molecule has 1 unspecified atom stereocenters. The molecule has 1 saturated heterocycles. The van der Waals surface area contributed by atoms with Crippen molar-refractivity contribution in [2.24, 2.45) is 0 Å². The molecule has 0 saturated carbocycles. The van der Waals surface area contributed by atoms with Crippen molar-refractivity contribution in [3.05, 3.63) is 52.9 Å². The van der Waals surface area contributed by atoms with E-state index >= 15 is 0 Å². The summed E-state index contributed by atoms with van der Waals surface area (Å²) >= 11 is 5.77. The van der Waals surface area contributed by atoms with Crippen LogP contribution in [0.15, 0.2) is 41.6 Å². The summed E-state index contributed by atoms with van der Waals surface area (Å²) in [6, 6.07) is 8.15. The number of nitriles is 1. The first kappa shape index (κ1) is 21.5. The first-order valence-electron chi connectivity index (χ1n) is 8.90. The molecule has 0 bridgehead atoms. The topological polar surface area (TPSA) is 104 Å². The molecule has 1 aromatic carbocycles. The number of hydrogen-bond donors (Lipinski definition) is 1. The van der Waals surface area contributed by atoms with Gasteiger partial charge in [0.2, 0.25) is 0 Å². The van der Waals surface area contributed by atoms with E-state index in [2.05, 4.69) is 4.98 Å². The fourth-order valence-electron chi connectivity index (χ4n) is 3.30. The first-order chi connectivity index (χ1) is 13.7. The van der Waals surface area contributed by atoms with Crippen molar-refractivity contribution in [3.63, 3.8) is 0 Å². The summed E-state index contributed by atoms with van der Waals surface area (Å²) in [6.45, 7) is 1.54. The molecule has 154 valence electrons. The fraction of sp³-hybridized carbons (Fsp3) is 0.368. The van der Waals surface area contributed by atoms with Gasteiger partial charge in [-0.2, -0.15) is 9.57 Å². The van der Waals surface area contributed by atoms with E-state index in [1.54, 1.807) is 6.07 Å². The number of nitrogens with zero attached hydrogens (tertiary/aromatic N) is 3. The number of halogens is 2. The number of sulfonamides is 1. The zero-order valence-corrected chi connectivity index (χ0v) is 17.1. The van der Waals surface area contributed by atoms with Crippen LogP contribution in [-0.4, -0.2) is 47.6 Å². The van der Waals surface area contributed by atoms with Crippen molar-refractivity contribution < 1.29 is 22.7 Å². The Morgan fingerprint density at radius 1 is 1.45 bits per heavy atom. The molecule has 2 aromatic rings. The molecular formula is C19H19ClFN3O4S. The second-order valence-electron chi connectivity index (χ2n) is 6.83. The third-order valence-electron chi connectivity index (χ3n) is 4.75. The molecular weight excluding hydrogens is 421 g/mol. The van der Waals surface area contributed by atoms with Crippen molar-refractivity contribution in [3.8, 4) is 11.8 Å². The number of pyridine rings is 1. The van der Waals surface area contributed by atoms with Crippen LogP contribution >= 0.6 is 11.6 Å². The number of aromatic nitrogens is 1. The van der Waals surface area contributed by atoms with Gasteiger partial charge in [0.1, 0.15) is 29.3 Å². The van der Waals surface area contributed by atoms with Crippen LogP contribution in [0.3, 0.4) is 0 Å². The second kappa shape index (κ2) is 8.24. The van der Waals surface area contributed by atoms with Gasteiger partial charge >= 0.3 is 0 Å². The van der Waals surface area contributed by atoms with Crippen LogP contribution in [0, 0.1) is 17.1 Å². The monoisotopic (exact) mass is 439 g/mol. The SMILES string of the molecule is CCC[C@]1(O)CN(S(=O)(=O)c2ccc(Cl)cn2)CC1Oc1ccc(C#N)c(F)c1. The Morgan fingerprint density at radius 3 is 2.79 bits per heavy atom. The van der Waals surface area contributed by atoms with Gasteiger partial charge in [-0.05, 0) is 30.7 Å². The Labute approximate surface area is 173 Å². The predicted octanol–water partition coefficient (Wildman–Crippen LogP) is 2.73. The van der Waals surface area contributed by atoms with Gasteiger partial charge in [-0.3, -0.25) is 0 Å². The molecule has 2 atom stereocenters. The van der Waals surface area contributed by atoms with Crippen molar-refractivity contribution >= 4 is 21.6 Å². The van der Waals surface area contributed by atoms with Gasteiger partial charge in [-0.25, -0.2) is 17.8 Å². The molecule has 7 nitrogen and oxygen atoms in total. The lowest BCUT2D eigenvalue weighted by Crippen LogP contribution is -2.44. The van der Waals surface area contributed by atoms with Crippen LogP contribution in [0.5, 0.6) is 5.75 Å². The third kappa shape index (κ3) is 4.36. The van der Waals surface area contributed by atoms with Gasteiger partial charge in [0.05, 0.1) is 17.1 Å². The molecule has 1 aromatic heterocycles. The van der Waals surface area contributed by atoms with E-state index in [0.717, 1.165) is 10.4 Å². The molecule has 1 N–H and O–H groups in total. The van der Waals surface area contributed by atoms with Gasteiger partial charge in [0, 0.05) is 18.8 Å². The Bertz CT molecular complexity index is 1040. The molecule has 0 aliphatic carbocycles. The van der Waals surface area contributed by atoms with E-state index in [1.165, 1.54) is 30.5 Å². The van der Waals surface area contributed by atoms with Crippen molar-refractivity contribution in [1.29, 1.82) is 5.26 Å². The molecule has 29 heavy (non-hydrogen) atoms. The maximum atomic E-state index is 13.9. The smallest absolute Gasteiger partial charge is 0.260 e. The highest BCUT2D eigenvalue weighted by molar-refractivity contribution is 7.89. The number of ether oxygens (including phenoxy) is 1. The molecule has 3 rings (SSSR count). The Balaban J connectivity index is 1.88. The number of benzene rings is 1. The predicted molar refractivity (Wildman–Crippen MR) is 103 cm³/mol. The normalized spacial score (nSPS) is 22.4. The van der Waals surface area contributed by atoms with E-state index in [-0.39, 0.29) is 35.8 Å². The molecule has 2 heterocycles. The third-order valence-corrected chi connectivity index (χ3v) is 6.70. The molecule has 1 aliphatic heterocycles. The van der Waals surface area contributed by atoms with E-state index < -0.39 is 27.5 Å². The van der Waals surface area contributed by atoms with Crippen LogP contribution in [0.4, 0.5) is 4.39 Å². The van der Waals surface area contributed by atoms with Gasteiger partial charge in [0.15, 0.2) is 5.03 Å². The zero-order valence-electron chi connectivity index (χ0n) is 15.5. The lowest BCUT2D eigenvalue weighted by atomic mass is 9.94. The molecule has 10 heteroatoms. The average molecular weight is 440 g/mol. The Kier molecular flexibility index (Phi) is 6.10. The number of rotatable bonds is 6. The Hall–Kier alpha value is -2.25. The highest BCUT2D eigenvalue weighted by atomic mass is 35.5. The van der Waals surface area contributed by atoms with Gasteiger partial charge < -0.3 is 9.84 Å². The zero-order chi connectivity index (χ0) is 21.2. The summed E-state index contributed by atoms with van der Waals surface area (Å²) in [5.74, 6) is -0.651. The number of hydrogen-bond acceptors (Lipinski definition) is 6. The maximum absolute atomic E-state index is 13.9. The second-order valence-corrected chi connectivity index (χ2v) is 9.15. The fourth-order valence-corrected chi connectivity index (χ4v) is 4.83. The lowest BCUT2D eigenvalue weighted by molar-refractivity contribution is -0.0342. The Morgan fingerprint density at radius 2 is 2.21 bits per heavy atom. The summed E-state index contributed by atoms with van der Waals surface area (Å²) < 4.78 is 46.6. The largest absolute Gasteiger partial charge is 0.486 e. The van der Waals surface area contributed by atoms with Crippen molar-refractivity contribution in [1.82, 2.24) is 9.29 Å². The van der Waals surface area contributed by atoms with Crippen LogP contribution in [-0.2, 0) is 10.0 Å². The average Bonchev–Trinajstić information content (AvgIpc) is 2.99. The van der Waals surface area contributed by atoms with E-state index in [0.29, 0.717) is 11.4 Å². The van der Waals surface area contributed by atoms with E-state index in [9.17, 15) is 17.9 Å². The molecule has 0 spiro atoms. The summed E-state index contributed by atoms with van der Waals surface area (Å²) in [6.07, 6.45) is 1.19. The van der Waals surface area contributed by atoms with Crippen molar-refractivity contribution in [2.45, 2.75) is 36.5 Å². The van der Waals surface area contributed by atoms with Gasteiger partial charge in [0.25, 0.3) is 10.0 Å². The lowest BCUT2D eigenvalue weighted by Gasteiger charge is -2.29. The van der Waals surface area contributed by atoms with Crippen LogP contribution < -0.4 is 4.74 Å². The summed E-state index contributed by atoms with van der Waals surface area (Å²) in [5, 5.41) is 20.0. The number of aliphatic hydroxyl groups is 1. The van der Waals surface area contributed by atoms with Crippen LogP contribution in [0.1, 0.15) is 25.3 Å². The maximum Gasteiger partial charge on any atom is 0.260 e. The summed E-state index contributed by atoms with van der Waals surface area (Å²) in [7, 11) is -3.98. The van der Waals surface area contributed by atoms with Crippen LogP contribution in [0.2, 0.25) is 5.02 Å². The first-order valence-corrected chi connectivity index (χ1v) is 10.7. The highest BCUT2D eigenvalue weighted by Crippen LogP contribution is 2.33. The molecule has 0 amide bonds. The number of β-amino-alcohol motifs (C(OH)–C–C–N with tert-alkyl or cyclic N) is 1. The minimum absolute atomic E-state index is 0.102.